The molecule has 0 atom stereocenters. The van der Waals surface area contributed by atoms with E-state index < -0.39 is 0 Å². The Balaban J connectivity index is 1.39. The number of nitrogens with zero attached hydrogens (tertiary/aromatic N) is 3. The molecule has 0 amide bonds. The van der Waals surface area contributed by atoms with Gasteiger partial charge in [-0.15, -0.1) is 0 Å². The second-order valence-electron chi connectivity index (χ2n) is 7.12. The molecular formula is C28H15N4O2S+. The first-order valence-corrected chi connectivity index (χ1v) is 11.1. The Morgan fingerprint density at radius 2 is 0.914 bits per heavy atom. The van der Waals surface area contributed by atoms with Crippen molar-refractivity contribution in [2.45, 2.75) is 9.79 Å². The summed E-state index contributed by atoms with van der Waals surface area (Å²) in [6.45, 7) is 0. The van der Waals surface area contributed by atoms with E-state index in [1.54, 1.807) is 48.2 Å². The lowest BCUT2D eigenvalue weighted by Gasteiger charge is -2.09. The van der Waals surface area contributed by atoms with Gasteiger partial charge in [-0.3, -0.25) is 0 Å². The highest BCUT2D eigenvalue weighted by Gasteiger charge is 2.08. The first kappa shape index (κ1) is 23.0. The maximum atomic E-state index is 9.16. The molecule has 0 aliphatic carbocycles. The fraction of sp³-hybridized carbons (Fsp3) is 0. The molecule has 4 aromatic rings. The van der Waals surface area contributed by atoms with Crippen molar-refractivity contribution < 1.29 is 14.7 Å². The lowest BCUT2D eigenvalue weighted by molar-refractivity contribution is -0.0909. The molecule has 35 heavy (non-hydrogen) atoms. The van der Waals surface area contributed by atoms with E-state index in [2.05, 4.69) is 6.07 Å². The van der Waals surface area contributed by atoms with Gasteiger partial charge in [0.25, 0.3) is 0 Å². The van der Waals surface area contributed by atoms with Gasteiger partial charge in [0, 0.05) is 15.9 Å². The first-order valence-electron chi connectivity index (χ1n) is 10.3. The van der Waals surface area contributed by atoms with Gasteiger partial charge < -0.3 is 9.47 Å². The van der Waals surface area contributed by atoms with Crippen LogP contribution >= 0.6 is 11.8 Å². The number of nitrogens with one attached hydrogen (secondary N) is 1. The van der Waals surface area contributed by atoms with Crippen molar-refractivity contribution in [3.8, 4) is 47.3 Å². The van der Waals surface area contributed by atoms with Gasteiger partial charge in [-0.05, 0) is 78.9 Å². The molecule has 0 heterocycles. The molecule has 7 heteroatoms. The van der Waals surface area contributed by atoms with Crippen LogP contribution in [0.2, 0.25) is 0 Å². The summed E-state index contributed by atoms with van der Waals surface area (Å²) in [5.74, 6) is 2.27. The molecule has 1 N–H and O–H groups in total. The smallest absolute Gasteiger partial charge is 0.310 e. The summed E-state index contributed by atoms with van der Waals surface area (Å²) in [5.41, 5.74) is 1.35. The zero-order valence-corrected chi connectivity index (χ0v) is 19.0. The quantitative estimate of drug-likeness (QED) is 0.416. The van der Waals surface area contributed by atoms with Crippen LogP contribution in [0.4, 0.5) is 0 Å². The van der Waals surface area contributed by atoms with Crippen molar-refractivity contribution in [1.82, 2.24) is 0 Å². The number of hydrogen-bond donors (Lipinski definition) is 1. The summed E-state index contributed by atoms with van der Waals surface area (Å²) >= 11 is 1.58. The van der Waals surface area contributed by atoms with Crippen LogP contribution in [-0.4, -0.2) is 0 Å². The van der Waals surface area contributed by atoms with Gasteiger partial charge in [-0.1, -0.05) is 17.0 Å². The van der Waals surface area contributed by atoms with Crippen molar-refractivity contribution in [3.63, 3.8) is 0 Å². The highest BCUT2D eigenvalue weighted by Crippen LogP contribution is 2.32. The van der Waals surface area contributed by atoms with Gasteiger partial charge >= 0.3 is 6.07 Å². The lowest BCUT2D eigenvalue weighted by Crippen LogP contribution is -2.17. The summed E-state index contributed by atoms with van der Waals surface area (Å²) in [5, 5.41) is 34.6. The zero-order chi connectivity index (χ0) is 24.6. The highest BCUT2D eigenvalue weighted by molar-refractivity contribution is 7.99. The van der Waals surface area contributed by atoms with E-state index in [4.69, 9.17) is 30.5 Å². The van der Waals surface area contributed by atoms with Gasteiger partial charge in [0.1, 0.15) is 46.8 Å². The van der Waals surface area contributed by atoms with Crippen LogP contribution < -0.4 is 14.7 Å². The molecule has 0 saturated carbocycles. The molecule has 6 nitrogen and oxygen atoms in total. The van der Waals surface area contributed by atoms with Crippen molar-refractivity contribution in [2.75, 3.05) is 0 Å². The number of benzene rings is 4. The molecule has 4 aromatic carbocycles. The standard InChI is InChI=1S/C28H14N4O2S/c29-15-19-1-3-25(13-21(19)17-31)33-23-5-9-27(10-6-23)35-28-11-7-24(8-12-28)34-26-4-2-20(16-30)22(14-26)18-32/h1-14H/p+1. The van der Waals surface area contributed by atoms with Crippen molar-refractivity contribution in [1.29, 1.82) is 15.8 Å². The molecule has 0 aliphatic rings. The van der Waals surface area contributed by atoms with Crippen LogP contribution in [-0.2, 0) is 0 Å². The van der Waals surface area contributed by atoms with Crippen LogP contribution in [0.25, 0.3) is 0 Å². The third kappa shape index (κ3) is 5.59. The van der Waals surface area contributed by atoms with Gasteiger partial charge in [0.2, 0.25) is 0 Å². The van der Waals surface area contributed by atoms with E-state index in [0.29, 0.717) is 39.7 Å². The first-order chi connectivity index (χ1) is 17.1. The maximum Gasteiger partial charge on any atom is 0.310 e. The lowest BCUT2D eigenvalue weighted by atomic mass is 10.1. The van der Waals surface area contributed by atoms with E-state index in [9.17, 15) is 0 Å². The number of rotatable bonds is 6. The molecule has 0 bridgehead atoms. The summed E-state index contributed by atoms with van der Waals surface area (Å²) in [6.07, 6.45) is 0. The average Bonchev–Trinajstić information content (AvgIpc) is 2.90. The Labute approximate surface area is 206 Å². The summed E-state index contributed by atoms with van der Waals surface area (Å²) in [4.78, 5) is 2.03. The molecule has 0 spiro atoms. The number of ether oxygens (including phenoxy) is 2. The molecule has 0 saturated heterocycles. The minimum Gasteiger partial charge on any atom is -0.457 e. The Bertz CT molecular complexity index is 1430. The molecule has 0 radical (unpaired) electrons. The van der Waals surface area contributed by atoms with Crippen molar-refractivity contribution in [3.05, 3.63) is 107 Å². The predicted octanol–water partition coefficient (Wildman–Crippen LogP) is 5.16. The van der Waals surface area contributed by atoms with Crippen LogP contribution in [0.5, 0.6) is 23.0 Å². The van der Waals surface area contributed by atoms with Crippen molar-refractivity contribution in [2.24, 2.45) is 0 Å². The minimum atomic E-state index is 0.275. The Morgan fingerprint density at radius 1 is 0.514 bits per heavy atom. The van der Waals surface area contributed by atoms with Crippen LogP contribution in [0.1, 0.15) is 22.3 Å². The normalized spacial score (nSPS) is 9.71. The van der Waals surface area contributed by atoms with Crippen molar-refractivity contribution >= 4 is 11.8 Å². The van der Waals surface area contributed by atoms with E-state index in [-0.39, 0.29) is 5.56 Å². The van der Waals surface area contributed by atoms with E-state index >= 15 is 0 Å². The fourth-order valence-corrected chi connectivity index (χ4v) is 3.94. The maximum absolute atomic E-state index is 9.16. The van der Waals surface area contributed by atoms with Gasteiger partial charge in [0.15, 0.2) is 0 Å². The summed E-state index contributed by atoms with van der Waals surface area (Å²) < 4.78 is 11.6. The SMILES string of the molecule is N#Cc1ccc(Oc2ccc(Sc3ccc(Oc4ccc(C#N)c(C#[NH+])c4)cc3)cc2)cc1C#N. The number of hydrogen-bond acceptors (Lipinski definition) is 6. The van der Waals surface area contributed by atoms with E-state index in [0.717, 1.165) is 9.79 Å². The third-order valence-corrected chi connectivity index (χ3v) is 5.85. The van der Waals surface area contributed by atoms with E-state index in [1.807, 2.05) is 66.7 Å². The predicted molar refractivity (Wildman–Crippen MR) is 128 cm³/mol. The molecule has 0 fully saturated rings. The second-order valence-corrected chi connectivity index (χ2v) is 8.27. The topological polar surface area (TPSA) is 114 Å². The Kier molecular flexibility index (Phi) is 6.96. The number of nitriles is 3. The molecule has 0 aliphatic heterocycles. The minimum absolute atomic E-state index is 0.275. The third-order valence-electron chi connectivity index (χ3n) is 4.83. The van der Waals surface area contributed by atoms with Crippen LogP contribution in [0.3, 0.4) is 0 Å². The average molecular weight is 472 g/mol. The highest BCUT2D eigenvalue weighted by atomic mass is 32.2. The Hall–Kier alpha value is -5.21. The zero-order valence-electron chi connectivity index (χ0n) is 18.1. The fourth-order valence-electron chi connectivity index (χ4n) is 3.12. The molecule has 0 aromatic heterocycles. The van der Waals surface area contributed by atoms with Crippen LogP contribution in [0.15, 0.2) is 94.7 Å². The van der Waals surface area contributed by atoms with Gasteiger partial charge in [-0.2, -0.15) is 15.8 Å². The monoisotopic (exact) mass is 471 g/mol. The summed E-state index contributed by atoms with van der Waals surface area (Å²) in [7, 11) is 0. The second kappa shape index (κ2) is 10.6. The van der Waals surface area contributed by atoms with Gasteiger partial charge in [-0.25, -0.2) is 0 Å². The molecule has 164 valence electrons. The Morgan fingerprint density at radius 3 is 1.34 bits per heavy atom. The van der Waals surface area contributed by atoms with Crippen LogP contribution in [0, 0.1) is 40.1 Å². The largest absolute Gasteiger partial charge is 0.457 e. The molecule has 0 unspecified atom stereocenters. The molecule has 4 rings (SSSR count). The summed E-state index contributed by atoms with van der Waals surface area (Å²) in [6, 6.07) is 33.1. The molecular weight excluding hydrogens is 456 g/mol. The van der Waals surface area contributed by atoms with E-state index in [1.165, 1.54) is 0 Å². The van der Waals surface area contributed by atoms with Gasteiger partial charge in [0.05, 0.1) is 16.7 Å².